The lowest BCUT2D eigenvalue weighted by atomic mass is 9.86. The van der Waals surface area contributed by atoms with Crippen LogP contribution in [0.25, 0.3) is 0 Å². The van der Waals surface area contributed by atoms with Crippen molar-refractivity contribution in [2.45, 2.75) is 51.2 Å². The summed E-state index contributed by atoms with van der Waals surface area (Å²) in [6.45, 7) is 5.13. The molecule has 1 atom stereocenters. The van der Waals surface area contributed by atoms with Crippen molar-refractivity contribution < 1.29 is 4.74 Å². The summed E-state index contributed by atoms with van der Waals surface area (Å²) < 4.78 is 5.98. The number of hydrogen-bond donors (Lipinski definition) is 2. The number of nitrogen functional groups attached to an aromatic ring is 1. The number of nitrogens with zero attached hydrogens (tertiary/aromatic N) is 1. The highest BCUT2D eigenvalue weighted by Crippen LogP contribution is 2.33. The van der Waals surface area contributed by atoms with Crippen molar-refractivity contribution in [1.29, 1.82) is 5.26 Å². The fourth-order valence-corrected chi connectivity index (χ4v) is 2.86. The Balaban J connectivity index is 2.12. The molecule has 1 aliphatic heterocycles. The monoisotopic (exact) mass is 273 g/mol. The van der Waals surface area contributed by atoms with Crippen molar-refractivity contribution in [2.24, 2.45) is 0 Å². The number of nitriles is 1. The van der Waals surface area contributed by atoms with Gasteiger partial charge < -0.3 is 15.8 Å². The predicted molar refractivity (Wildman–Crippen MR) is 81.5 cm³/mol. The molecule has 20 heavy (non-hydrogen) atoms. The molecule has 0 amide bonds. The highest BCUT2D eigenvalue weighted by molar-refractivity contribution is 5.68. The van der Waals surface area contributed by atoms with Crippen molar-refractivity contribution >= 4 is 11.4 Å². The summed E-state index contributed by atoms with van der Waals surface area (Å²) in [5.41, 5.74) is 8.15. The van der Waals surface area contributed by atoms with Crippen molar-refractivity contribution in [2.75, 3.05) is 17.7 Å². The Bertz CT molecular complexity index is 503. The van der Waals surface area contributed by atoms with Gasteiger partial charge in [0.15, 0.2) is 0 Å². The van der Waals surface area contributed by atoms with E-state index >= 15 is 0 Å². The van der Waals surface area contributed by atoms with Gasteiger partial charge in [0.2, 0.25) is 0 Å². The molecule has 2 rings (SSSR count). The molecule has 0 radical (unpaired) electrons. The molecule has 4 heteroatoms. The van der Waals surface area contributed by atoms with E-state index in [0.717, 1.165) is 38.0 Å². The molecule has 1 unspecified atom stereocenters. The van der Waals surface area contributed by atoms with Crippen LogP contribution in [0.4, 0.5) is 11.4 Å². The molecule has 0 spiro atoms. The fourth-order valence-electron chi connectivity index (χ4n) is 2.86. The van der Waals surface area contributed by atoms with Gasteiger partial charge in [-0.2, -0.15) is 5.26 Å². The van der Waals surface area contributed by atoms with Crippen LogP contribution >= 0.6 is 0 Å². The number of nitrogens with one attached hydrogen (secondary N) is 1. The van der Waals surface area contributed by atoms with E-state index in [1.54, 1.807) is 12.1 Å². The molecule has 1 fully saturated rings. The van der Waals surface area contributed by atoms with Crippen molar-refractivity contribution in [3.8, 4) is 6.07 Å². The quantitative estimate of drug-likeness (QED) is 0.826. The van der Waals surface area contributed by atoms with Crippen LogP contribution in [-0.2, 0) is 4.74 Å². The lowest BCUT2D eigenvalue weighted by Crippen LogP contribution is -2.43. The van der Waals surface area contributed by atoms with Crippen LogP contribution in [0.1, 0.15) is 45.1 Å². The third-order valence-corrected chi connectivity index (χ3v) is 4.32. The second kappa shape index (κ2) is 6.15. The fraction of sp³-hybridized carbons (Fsp3) is 0.562. The lowest BCUT2D eigenvalue weighted by Gasteiger charge is -2.40. The number of hydrogen-bond acceptors (Lipinski definition) is 4. The van der Waals surface area contributed by atoms with E-state index in [0.29, 0.717) is 17.3 Å². The van der Waals surface area contributed by atoms with Crippen LogP contribution in [0.5, 0.6) is 0 Å². The van der Waals surface area contributed by atoms with Gasteiger partial charge in [0.05, 0.1) is 28.6 Å². The van der Waals surface area contributed by atoms with Crippen LogP contribution < -0.4 is 11.1 Å². The molecule has 1 saturated heterocycles. The van der Waals surface area contributed by atoms with E-state index in [1.807, 2.05) is 6.07 Å². The summed E-state index contributed by atoms with van der Waals surface area (Å²) in [7, 11) is 0. The van der Waals surface area contributed by atoms with Gasteiger partial charge in [-0.15, -0.1) is 0 Å². The first kappa shape index (κ1) is 14.7. The number of nitrogens with two attached hydrogens (primary N) is 1. The second-order valence-electron chi connectivity index (χ2n) is 5.49. The van der Waals surface area contributed by atoms with Gasteiger partial charge in [-0.25, -0.2) is 0 Å². The van der Waals surface area contributed by atoms with Gasteiger partial charge >= 0.3 is 0 Å². The average Bonchev–Trinajstić information content (AvgIpc) is 2.49. The third kappa shape index (κ3) is 3.05. The Labute approximate surface area is 120 Å². The average molecular weight is 273 g/mol. The van der Waals surface area contributed by atoms with Crippen LogP contribution in [0.3, 0.4) is 0 Å². The Morgan fingerprint density at radius 2 is 2.20 bits per heavy atom. The highest BCUT2D eigenvalue weighted by Gasteiger charge is 2.34. The summed E-state index contributed by atoms with van der Waals surface area (Å²) in [6, 6.07) is 7.85. The standard InChI is InChI=1S/C16H23N3O/c1-3-16(4-2)10-13(7-8-20-16)19-15-9-12(11-17)5-6-14(15)18/h5-6,9,13,19H,3-4,7-8,10,18H2,1-2H3. The molecule has 4 nitrogen and oxygen atoms in total. The van der Waals surface area contributed by atoms with Crippen LogP contribution in [0, 0.1) is 11.3 Å². The molecular formula is C16H23N3O. The van der Waals surface area contributed by atoms with Crippen molar-refractivity contribution in [1.82, 2.24) is 0 Å². The van der Waals surface area contributed by atoms with Gasteiger partial charge in [0.25, 0.3) is 0 Å². The number of anilines is 2. The Morgan fingerprint density at radius 3 is 2.85 bits per heavy atom. The summed E-state index contributed by atoms with van der Waals surface area (Å²) in [6.07, 6.45) is 4.00. The summed E-state index contributed by atoms with van der Waals surface area (Å²) in [4.78, 5) is 0. The van der Waals surface area contributed by atoms with Crippen molar-refractivity contribution in [3.63, 3.8) is 0 Å². The lowest BCUT2D eigenvalue weighted by molar-refractivity contribution is -0.0864. The van der Waals surface area contributed by atoms with Gasteiger partial charge in [0, 0.05) is 12.6 Å². The number of benzene rings is 1. The number of ether oxygens (including phenoxy) is 1. The molecular weight excluding hydrogens is 250 g/mol. The first-order valence-corrected chi connectivity index (χ1v) is 7.32. The predicted octanol–water partition coefficient (Wildman–Crippen LogP) is 3.29. The van der Waals surface area contributed by atoms with E-state index < -0.39 is 0 Å². The van der Waals surface area contributed by atoms with E-state index in [1.165, 1.54) is 0 Å². The minimum Gasteiger partial charge on any atom is -0.397 e. The van der Waals surface area contributed by atoms with Crippen molar-refractivity contribution in [3.05, 3.63) is 23.8 Å². The summed E-state index contributed by atoms with van der Waals surface area (Å²) in [5.74, 6) is 0. The molecule has 3 N–H and O–H groups in total. The molecule has 1 aliphatic rings. The van der Waals surface area contributed by atoms with E-state index in [2.05, 4.69) is 25.2 Å². The normalized spacial score (nSPS) is 21.1. The van der Waals surface area contributed by atoms with Gasteiger partial charge in [-0.1, -0.05) is 13.8 Å². The Hall–Kier alpha value is -1.73. The summed E-state index contributed by atoms with van der Waals surface area (Å²) in [5, 5.41) is 12.5. The van der Waals surface area contributed by atoms with Crippen LogP contribution in [0.15, 0.2) is 18.2 Å². The molecule has 108 valence electrons. The maximum absolute atomic E-state index is 8.98. The minimum absolute atomic E-state index is 0.0164. The molecule has 0 aliphatic carbocycles. The first-order valence-electron chi connectivity index (χ1n) is 7.32. The maximum Gasteiger partial charge on any atom is 0.0992 e. The van der Waals surface area contributed by atoms with Gasteiger partial charge in [-0.05, 0) is 43.9 Å². The molecule has 0 bridgehead atoms. The van der Waals surface area contributed by atoms with Crippen LogP contribution in [0.2, 0.25) is 0 Å². The zero-order valence-electron chi connectivity index (χ0n) is 12.3. The Kier molecular flexibility index (Phi) is 4.51. The Morgan fingerprint density at radius 1 is 1.45 bits per heavy atom. The van der Waals surface area contributed by atoms with E-state index in [9.17, 15) is 0 Å². The largest absolute Gasteiger partial charge is 0.397 e. The SMILES string of the molecule is CCC1(CC)CC(Nc2cc(C#N)ccc2N)CCO1. The molecule has 0 aromatic heterocycles. The molecule has 0 saturated carbocycles. The second-order valence-corrected chi connectivity index (χ2v) is 5.49. The zero-order valence-corrected chi connectivity index (χ0v) is 12.3. The van der Waals surface area contributed by atoms with Gasteiger partial charge in [-0.3, -0.25) is 0 Å². The summed E-state index contributed by atoms with van der Waals surface area (Å²) >= 11 is 0. The third-order valence-electron chi connectivity index (χ3n) is 4.32. The topological polar surface area (TPSA) is 71.1 Å². The smallest absolute Gasteiger partial charge is 0.0992 e. The number of rotatable bonds is 4. The maximum atomic E-state index is 8.98. The van der Waals surface area contributed by atoms with Crippen LogP contribution in [-0.4, -0.2) is 18.2 Å². The zero-order chi connectivity index (χ0) is 14.6. The van der Waals surface area contributed by atoms with E-state index in [4.69, 9.17) is 15.7 Å². The highest BCUT2D eigenvalue weighted by atomic mass is 16.5. The molecule has 1 aromatic carbocycles. The first-order chi connectivity index (χ1) is 9.62. The van der Waals surface area contributed by atoms with E-state index in [-0.39, 0.29) is 5.60 Å². The minimum atomic E-state index is -0.0164. The molecule has 1 aromatic rings. The van der Waals surface area contributed by atoms with Gasteiger partial charge in [0.1, 0.15) is 0 Å². The molecule has 1 heterocycles.